The lowest BCUT2D eigenvalue weighted by molar-refractivity contribution is 0.157. The predicted molar refractivity (Wildman–Crippen MR) is 60.1 cm³/mol. The third-order valence-electron chi connectivity index (χ3n) is 2.56. The van der Waals surface area contributed by atoms with E-state index in [4.69, 9.17) is 4.74 Å². The van der Waals surface area contributed by atoms with Crippen LogP contribution in [0.15, 0.2) is 12.4 Å². The maximum atomic E-state index is 5.17. The number of imidazole rings is 1. The van der Waals surface area contributed by atoms with Crippen LogP contribution in [0.1, 0.15) is 32.7 Å². The van der Waals surface area contributed by atoms with Crippen LogP contribution in [-0.2, 0) is 4.74 Å². The Balaban J connectivity index is 2.06. The van der Waals surface area contributed by atoms with E-state index in [1.54, 1.807) is 7.11 Å². The van der Waals surface area contributed by atoms with Crippen LogP contribution in [0.25, 0.3) is 0 Å². The molecule has 1 fully saturated rings. The molecule has 0 saturated heterocycles. The van der Waals surface area contributed by atoms with Gasteiger partial charge in [-0.1, -0.05) is 0 Å². The molecule has 0 aromatic carbocycles. The molecule has 1 aromatic heterocycles. The minimum Gasteiger partial charge on any atom is -0.382 e. The van der Waals surface area contributed by atoms with Crippen LogP contribution in [0.5, 0.6) is 0 Å². The molecule has 0 amide bonds. The summed E-state index contributed by atoms with van der Waals surface area (Å²) in [5, 5.41) is 3.42. The van der Waals surface area contributed by atoms with E-state index in [-0.39, 0.29) is 5.54 Å². The summed E-state index contributed by atoms with van der Waals surface area (Å²) in [6, 6.07) is 0.661. The molecule has 0 radical (unpaired) electrons. The number of hydrogen-bond acceptors (Lipinski definition) is 3. The van der Waals surface area contributed by atoms with Crippen molar-refractivity contribution in [1.82, 2.24) is 9.55 Å². The molecular weight excluding hydrogens is 190 g/mol. The summed E-state index contributed by atoms with van der Waals surface area (Å²) in [6.45, 7) is 4.90. The number of nitrogens with one attached hydrogen (secondary N) is 1. The van der Waals surface area contributed by atoms with Crippen molar-refractivity contribution in [3.63, 3.8) is 0 Å². The van der Waals surface area contributed by atoms with Crippen LogP contribution in [0.4, 0.5) is 5.95 Å². The summed E-state index contributed by atoms with van der Waals surface area (Å²) < 4.78 is 7.39. The van der Waals surface area contributed by atoms with E-state index in [1.165, 1.54) is 12.8 Å². The second-order valence-corrected chi connectivity index (χ2v) is 4.83. The first-order valence-corrected chi connectivity index (χ1v) is 5.42. The molecule has 4 nitrogen and oxygen atoms in total. The topological polar surface area (TPSA) is 39.1 Å². The first kappa shape index (κ1) is 10.5. The van der Waals surface area contributed by atoms with Crippen molar-refractivity contribution in [3.8, 4) is 0 Å². The fourth-order valence-electron chi connectivity index (χ4n) is 1.76. The summed E-state index contributed by atoms with van der Waals surface area (Å²) in [4.78, 5) is 4.34. The van der Waals surface area contributed by atoms with Crippen molar-refractivity contribution >= 4 is 5.95 Å². The molecule has 1 aliphatic carbocycles. The van der Waals surface area contributed by atoms with Crippen LogP contribution in [0.2, 0.25) is 0 Å². The molecule has 1 aromatic rings. The highest BCUT2D eigenvalue weighted by Crippen LogP contribution is 2.37. The Hall–Kier alpha value is -1.03. The van der Waals surface area contributed by atoms with Gasteiger partial charge in [0.15, 0.2) is 0 Å². The summed E-state index contributed by atoms with van der Waals surface area (Å²) in [6.07, 6.45) is 6.44. The molecule has 0 spiro atoms. The van der Waals surface area contributed by atoms with Crippen LogP contribution < -0.4 is 5.32 Å². The summed E-state index contributed by atoms with van der Waals surface area (Å²) in [5.74, 6) is 0.958. The van der Waals surface area contributed by atoms with E-state index in [9.17, 15) is 0 Å². The molecule has 0 aliphatic heterocycles. The zero-order valence-electron chi connectivity index (χ0n) is 9.66. The highest BCUT2D eigenvalue weighted by atomic mass is 16.5. The van der Waals surface area contributed by atoms with E-state index < -0.39 is 0 Å². The number of methoxy groups -OCH3 is 1. The van der Waals surface area contributed by atoms with Gasteiger partial charge in [0, 0.05) is 25.5 Å². The van der Waals surface area contributed by atoms with Crippen LogP contribution >= 0.6 is 0 Å². The normalized spacial score (nSPS) is 16.7. The minimum absolute atomic E-state index is 0.0766. The Morgan fingerprint density at radius 3 is 2.93 bits per heavy atom. The first-order chi connectivity index (χ1) is 7.12. The lowest BCUT2D eigenvalue weighted by Crippen LogP contribution is -2.37. The standard InChI is InChI=1S/C11H19N3O/c1-11(2,8-15-3)13-10-12-6-7-14(10)9-4-5-9/h6-7,9H,4-5,8H2,1-3H3,(H,12,13). The van der Waals surface area contributed by atoms with Crippen LogP contribution in [-0.4, -0.2) is 28.8 Å². The average Bonchev–Trinajstić information content (AvgIpc) is 2.88. The Bertz CT molecular complexity index is 328. The van der Waals surface area contributed by atoms with E-state index in [2.05, 4.69) is 28.7 Å². The third kappa shape index (κ3) is 2.50. The number of hydrogen-bond donors (Lipinski definition) is 1. The highest BCUT2D eigenvalue weighted by Gasteiger charge is 2.27. The van der Waals surface area contributed by atoms with Gasteiger partial charge >= 0.3 is 0 Å². The first-order valence-electron chi connectivity index (χ1n) is 5.42. The van der Waals surface area contributed by atoms with Gasteiger partial charge in [-0.25, -0.2) is 4.98 Å². The Morgan fingerprint density at radius 2 is 2.33 bits per heavy atom. The lowest BCUT2D eigenvalue weighted by Gasteiger charge is -2.26. The molecular formula is C11H19N3O. The number of anilines is 1. The summed E-state index contributed by atoms with van der Waals surface area (Å²) >= 11 is 0. The van der Waals surface area contributed by atoms with E-state index >= 15 is 0 Å². The summed E-state index contributed by atoms with van der Waals surface area (Å²) in [5.41, 5.74) is -0.0766. The zero-order valence-corrected chi connectivity index (χ0v) is 9.66. The zero-order chi connectivity index (χ0) is 10.9. The van der Waals surface area contributed by atoms with Gasteiger partial charge in [0.05, 0.1) is 12.1 Å². The van der Waals surface area contributed by atoms with Gasteiger partial charge in [-0.15, -0.1) is 0 Å². The van der Waals surface area contributed by atoms with E-state index in [1.807, 2.05) is 12.4 Å². The lowest BCUT2D eigenvalue weighted by atomic mass is 10.1. The summed E-state index contributed by atoms with van der Waals surface area (Å²) in [7, 11) is 1.72. The van der Waals surface area contributed by atoms with Crippen LogP contribution in [0, 0.1) is 0 Å². The van der Waals surface area contributed by atoms with Gasteiger partial charge < -0.3 is 14.6 Å². The fourth-order valence-corrected chi connectivity index (χ4v) is 1.76. The highest BCUT2D eigenvalue weighted by molar-refractivity contribution is 5.31. The van der Waals surface area contributed by atoms with E-state index in [0.717, 1.165) is 5.95 Å². The van der Waals surface area contributed by atoms with Gasteiger partial charge in [0.25, 0.3) is 0 Å². The van der Waals surface area contributed by atoms with Crippen molar-refractivity contribution in [3.05, 3.63) is 12.4 Å². The minimum atomic E-state index is -0.0766. The molecule has 0 atom stereocenters. The van der Waals surface area contributed by atoms with Crippen molar-refractivity contribution < 1.29 is 4.74 Å². The Morgan fingerprint density at radius 1 is 1.60 bits per heavy atom. The molecule has 15 heavy (non-hydrogen) atoms. The predicted octanol–water partition coefficient (Wildman–Crippen LogP) is 2.05. The second kappa shape index (κ2) is 3.85. The third-order valence-corrected chi connectivity index (χ3v) is 2.56. The molecule has 0 bridgehead atoms. The van der Waals surface area contributed by atoms with Gasteiger partial charge in [-0.3, -0.25) is 0 Å². The monoisotopic (exact) mass is 209 g/mol. The maximum absolute atomic E-state index is 5.17. The number of rotatable bonds is 5. The molecule has 1 saturated carbocycles. The Kier molecular flexibility index (Phi) is 2.69. The smallest absolute Gasteiger partial charge is 0.203 e. The van der Waals surface area contributed by atoms with Crippen molar-refractivity contribution in [2.45, 2.75) is 38.3 Å². The van der Waals surface area contributed by atoms with Gasteiger partial charge in [-0.05, 0) is 26.7 Å². The second-order valence-electron chi connectivity index (χ2n) is 4.83. The maximum Gasteiger partial charge on any atom is 0.203 e. The molecule has 1 heterocycles. The Labute approximate surface area is 90.6 Å². The van der Waals surface area contributed by atoms with Crippen molar-refractivity contribution in [2.75, 3.05) is 19.0 Å². The van der Waals surface area contributed by atoms with Crippen LogP contribution in [0.3, 0.4) is 0 Å². The largest absolute Gasteiger partial charge is 0.382 e. The van der Waals surface area contributed by atoms with Crippen molar-refractivity contribution in [1.29, 1.82) is 0 Å². The number of nitrogens with zero attached hydrogens (tertiary/aromatic N) is 2. The molecule has 1 N–H and O–H groups in total. The van der Waals surface area contributed by atoms with Gasteiger partial charge in [0.2, 0.25) is 5.95 Å². The quantitative estimate of drug-likeness (QED) is 0.806. The number of ether oxygens (including phenoxy) is 1. The fraction of sp³-hybridized carbons (Fsp3) is 0.727. The molecule has 2 rings (SSSR count). The SMILES string of the molecule is COCC(C)(C)Nc1nccn1C1CC1. The average molecular weight is 209 g/mol. The molecule has 84 valence electrons. The van der Waals surface area contributed by atoms with Gasteiger partial charge in [0.1, 0.15) is 0 Å². The molecule has 4 heteroatoms. The number of aromatic nitrogens is 2. The molecule has 0 unspecified atom stereocenters. The molecule has 1 aliphatic rings. The van der Waals surface area contributed by atoms with Gasteiger partial charge in [-0.2, -0.15) is 0 Å². The van der Waals surface area contributed by atoms with Crippen molar-refractivity contribution in [2.24, 2.45) is 0 Å². The van der Waals surface area contributed by atoms with E-state index in [0.29, 0.717) is 12.6 Å².